The lowest BCUT2D eigenvalue weighted by Gasteiger charge is -2.00. The van der Waals surface area contributed by atoms with Crippen molar-refractivity contribution in [3.63, 3.8) is 0 Å². The van der Waals surface area contributed by atoms with Gasteiger partial charge in [0.2, 0.25) is 11.5 Å². The number of nitrogen functional groups attached to an aromatic ring is 1. The van der Waals surface area contributed by atoms with Gasteiger partial charge in [0.1, 0.15) is 11.5 Å². The molecule has 122 valence electrons. The van der Waals surface area contributed by atoms with Gasteiger partial charge in [-0.2, -0.15) is 5.10 Å². The van der Waals surface area contributed by atoms with Crippen molar-refractivity contribution in [2.75, 3.05) is 5.73 Å². The number of carbonyl (C=O) groups excluding carboxylic acids is 1. The maximum absolute atomic E-state index is 11.7. The topological polar surface area (TPSA) is 120 Å². The Morgan fingerprint density at radius 3 is 2.88 bits per heavy atom. The monoisotopic (exact) mass is 345 g/mol. The van der Waals surface area contributed by atoms with E-state index >= 15 is 0 Å². The van der Waals surface area contributed by atoms with Crippen molar-refractivity contribution in [1.29, 1.82) is 0 Å². The molecule has 0 saturated carbocycles. The third kappa shape index (κ3) is 3.28. The van der Waals surface area contributed by atoms with Crippen LogP contribution in [0.5, 0.6) is 0 Å². The Hall–Kier alpha value is -3.13. The lowest BCUT2D eigenvalue weighted by atomic mass is 10.1. The summed E-state index contributed by atoms with van der Waals surface area (Å²) in [7, 11) is 0. The minimum absolute atomic E-state index is 0.112. The van der Waals surface area contributed by atoms with Gasteiger partial charge in [-0.15, -0.1) is 0 Å². The van der Waals surface area contributed by atoms with Crippen molar-refractivity contribution in [3.8, 4) is 11.3 Å². The highest BCUT2D eigenvalue weighted by Crippen LogP contribution is 2.26. The Balaban J connectivity index is 1.68. The number of furan rings is 1. The van der Waals surface area contributed by atoms with Crippen LogP contribution in [0.15, 0.2) is 44.5 Å². The SMILES string of the molecule is Cc1ccc(-c2ccc(/C=N/NC(=O)c3nonc3N)o2)cc1Cl. The predicted molar refractivity (Wildman–Crippen MR) is 87.7 cm³/mol. The van der Waals surface area contributed by atoms with E-state index in [2.05, 4.69) is 25.5 Å². The molecule has 0 radical (unpaired) electrons. The fourth-order valence-electron chi connectivity index (χ4n) is 1.88. The minimum atomic E-state index is -0.637. The van der Waals surface area contributed by atoms with Gasteiger partial charge in [0, 0.05) is 10.6 Å². The molecule has 0 bridgehead atoms. The van der Waals surface area contributed by atoms with Crippen molar-refractivity contribution >= 4 is 29.5 Å². The van der Waals surface area contributed by atoms with Crippen LogP contribution >= 0.6 is 11.6 Å². The third-order valence-electron chi connectivity index (χ3n) is 3.17. The molecule has 2 heterocycles. The number of hydrogen-bond donors (Lipinski definition) is 2. The van der Waals surface area contributed by atoms with Gasteiger partial charge in [-0.05, 0) is 41.0 Å². The van der Waals surface area contributed by atoms with Crippen LogP contribution in [0.2, 0.25) is 5.02 Å². The number of nitrogens with one attached hydrogen (secondary N) is 1. The van der Waals surface area contributed by atoms with Crippen LogP contribution in [-0.4, -0.2) is 22.4 Å². The summed E-state index contributed by atoms with van der Waals surface area (Å²) in [5.74, 6) is 0.337. The Morgan fingerprint density at radius 2 is 2.17 bits per heavy atom. The molecule has 0 aliphatic heterocycles. The van der Waals surface area contributed by atoms with Crippen molar-refractivity contribution in [3.05, 3.63) is 52.4 Å². The highest BCUT2D eigenvalue weighted by Gasteiger charge is 2.15. The Kier molecular flexibility index (Phi) is 4.30. The molecule has 0 aliphatic rings. The number of hydrazone groups is 1. The van der Waals surface area contributed by atoms with Gasteiger partial charge in [-0.25, -0.2) is 10.1 Å². The van der Waals surface area contributed by atoms with Crippen LogP contribution in [0, 0.1) is 6.92 Å². The smallest absolute Gasteiger partial charge is 0.297 e. The molecule has 1 aromatic carbocycles. The number of anilines is 1. The number of amides is 1. The summed E-state index contributed by atoms with van der Waals surface area (Å²) in [4.78, 5) is 11.7. The zero-order valence-electron chi connectivity index (χ0n) is 12.5. The molecule has 3 aromatic rings. The molecule has 2 aromatic heterocycles. The lowest BCUT2D eigenvalue weighted by Crippen LogP contribution is -2.19. The van der Waals surface area contributed by atoms with Crippen LogP contribution in [0.3, 0.4) is 0 Å². The van der Waals surface area contributed by atoms with Crippen molar-refractivity contribution in [1.82, 2.24) is 15.7 Å². The number of aromatic nitrogens is 2. The maximum Gasteiger partial charge on any atom is 0.297 e. The Bertz CT molecular complexity index is 915. The number of carbonyl (C=O) groups is 1. The number of nitrogens with two attached hydrogens (primary N) is 1. The molecular formula is C15H12ClN5O3. The van der Waals surface area contributed by atoms with Crippen molar-refractivity contribution in [2.45, 2.75) is 6.92 Å². The van der Waals surface area contributed by atoms with Gasteiger partial charge < -0.3 is 10.2 Å². The van der Waals surface area contributed by atoms with Gasteiger partial charge in [-0.3, -0.25) is 4.79 Å². The molecule has 0 aliphatic carbocycles. The molecule has 8 nitrogen and oxygen atoms in total. The quantitative estimate of drug-likeness (QED) is 0.554. The van der Waals surface area contributed by atoms with Crippen LogP contribution in [-0.2, 0) is 0 Å². The average Bonchev–Trinajstić information content (AvgIpc) is 3.19. The molecule has 1 amide bonds. The van der Waals surface area contributed by atoms with Crippen molar-refractivity contribution in [2.24, 2.45) is 5.10 Å². The summed E-state index contributed by atoms with van der Waals surface area (Å²) in [6, 6.07) is 9.13. The molecule has 0 spiro atoms. The molecule has 3 rings (SSSR count). The second-order valence-corrected chi connectivity index (χ2v) is 5.27. The first-order valence-corrected chi connectivity index (χ1v) is 7.20. The molecule has 3 N–H and O–H groups in total. The molecule has 24 heavy (non-hydrogen) atoms. The van der Waals surface area contributed by atoms with Gasteiger partial charge >= 0.3 is 0 Å². The van der Waals surface area contributed by atoms with Crippen LogP contribution in [0.25, 0.3) is 11.3 Å². The molecular weight excluding hydrogens is 334 g/mol. The van der Waals surface area contributed by atoms with Gasteiger partial charge in [0.15, 0.2) is 0 Å². The van der Waals surface area contributed by atoms with Crippen LogP contribution in [0.1, 0.15) is 21.8 Å². The number of nitrogens with zero attached hydrogens (tertiary/aromatic N) is 3. The second kappa shape index (κ2) is 6.55. The highest BCUT2D eigenvalue weighted by molar-refractivity contribution is 6.31. The standard InChI is InChI=1S/C15H12ClN5O3/c1-8-2-3-9(6-11(8)16)12-5-4-10(23-12)7-18-19-15(22)13-14(17)21-24-20-13/h2-7H,1H3,(H2,17,21)(H,19,22)/b18-7+. The normalized spacial score (nSPS) is 11.1. The number of hydrogen-bond acceptors (Lipinski definition) is 7. The number of rotatable bonds is 4. The highest BCUT2D eigenvalue weighted by atomic mass is 35.5. The third-order valence-corrected chi connectivity index (χ3v) is 3.58. The van der Waals surface area contributed by atoms with E-state index in [0.29, 0.717) is 16.5 Å². The number of halogens is 1. The number of benzene rings is 1. The van der Waals surface area contributed by atoms with Gasteiger partial charge in [0.25, 0.3) is 5.91 Å². The molecule has 9 heteroatoms. The van der Waals surface area contributed by atoms with E-state index in [-0.39, 0.29) is 11.5 Å². The average molecular weight is 346 g/mol. The van der Waals surface area contributed by atoms with E-state index in [1.165, 1.54) is 6.21 Å². The Morgan fingerprint density at radius 1 is 1.33 bits per heavy atom. The molecule has 0 unspecified atom stereocenters. The summed E-state index contributed by atoms with van der Waals surface area (Å²) in [6.45, 7) is 1.92. The van der Waals surface area contributed by atoms with Gasteiger partial charge in [0.05, 0.1) is 6.21 Å². The second-order valence-electron chi connectivity index (χ2n) is 4.86. The summed E-state index contributed by atoms with van der Waals surface area (Å²) in [5, 5.41) is 11.1. The first-order chi connectivity index (χ1) is 11.5. The largest absolute Gasteiger partial charge is 0.455 e. The zero-order chi connectivity index (χ0) is 17.1. The van der Waals surface area contributed by atoms with Crippen LogP contribution in [0.4, 0.5) is 5.82 Å². The molecule has 0 fully saturated rings. The fourth-order valence-corrected chi connectivity index (χ4v) is 2.06. The first kappa shape index (κ1) is 15.8. The summed E-state index contributed by atoms with van der Waals surface area (Å²) >= 11 is 6.11. The summed E-state index contributed by atoms with van der Waals surface area (Å²) < 4.78 is 9.96. The lowest BCUT2D eigenvalue weighted by molar-refractivity contribution is 0.0946. The van der Waals surface area contributed by atoms with Crippen LogP contribution < -0.4 is 11.2 Å². The summed E-state index contributed by atoms with van der Waals surface area (Å²) in [6.07, 6.45) is 1.35. The molecule has 0 saturated heterocycles. The van der Waals surface area contributed by atoms with Crippen molar-refractivity contribution < 1.29 is 13.8 Å². The predicted octanol–water partition coefficient (Wildman–Crippen LogP) is 2.64. The summed E-state index contributed by atoms with van der Waals surface area (Å²) in [5.41, 5.74) is 9.34. The van der Waals surface area contributed by atoms with E-state index in [1.54, 1.807) is 12.1 Å². The van der Waals surface area contributed by atoms with E-state index in [0.717, 1.165) is 11.1 Å². The van der Waals surface area contributed by atoms with Gasteiger partial charge in [-0.1, -0.05) is 23.7 Å². The zero-order valence-corrected chi connectivity index (χ0v) is 13.2. The van der Waals surface area contributed by atoms with E-state index < -0.39 is 5.91 Å². The molecule has 0 atom stereocenters. The fraction of sp³-hybridized carbons (Fsp3) is 0.0667. The van der Waals surface area contributed by atoms with E-state index in [1.807, 2.05) is 25.1 Å². The maximum atomic E-state index is 11.7. The minimum Gasteiger partial charge on any atom is -0.455 e. The van der Waals surface area contributed by atoms with E-state index in [4.69, 9.17) is 21.8 Å². The van der Waals surface area contributed by atoms with E-state index in [9.17, 15) is 4.79 Å². The Labute approximate surface area is 141 Å². The number of aryl methyl sites for hydroxylation is 1. The first-order valence-electron chi connectivity index (χ1n) is 6.82.